The van der Waals surface area contributed by atoms with E-state index < -0.39 is 36.3 Å². The molecule has 0 aromatic rings. The fourth-order valence-electron chi connectivity index (χ4n) is 2.45. The molecular formula is C12H16FN3O5. The van der Waals surface area contributed by atoms with Gasteiger partial charge in [-0.3, -0.25) is 4.79 Å². The molecule has 2 heterocycles. The summed E-state index contributed by atoms with van der Waals surface area (Å²) >= 11 is 0. The zero-order valence-corrected chi connectivity index (χ0v) is 11.6. The number of carbonyl (C=O) groups excluding carboxylic acids is 3. The van der Waals surface area contributed by atoms with Gasteiger partial charge in [0, 0.05) is 0 Å². The molecule has 2 aliphatic rings. The Labute approximate surface area is 120 Å². The van der Waals surface area contributed by atoms with E-state index in [0.717, 1.165) is 5.06 Å². The molecule has 1 saturated heterocycles. The Balaban J connectivity index is 2.13. The molecule has 8 nitrogen and oxygen atoms in total. The number of nitrogens with zero attached hydrogens (tertiary/aromatic N) is 2. The third-order valence-electron chi connectivity index (χ3n) is 3.26. The van der Waals surface area contributed by atoms with Crippen LogP contribution in [0.4, 0.5) is 9.18 Å². The molecule has 0 aliphatic carbocycles. The summed E-state index contributed by atoms with van der Waals surface area (Å²) < 4.78 is 18.1. The molecule has 3 amide bonds. The zero-order chi connectivity index (χ0) is 15.7. The summed E-state index contributed by atoms with van der Waals surface area (Å²) in [4.78, 5) is 40.6. The molecule has 2 aliphatic heterocycles. The molecule has 9 heteroatoms. The number of carbonyl (C=O) groups is 3. The quantitative estimate of drug-likeness (QED) is 0.554. The summed E-state index contributed by atoms with van der Waals surface area (Å²) in [5.41, 5.74) is 5.83. The minimum absolute atomic E-state index is 0.00509. The van der Waals surface area contributed by atoms with Crippen LogP contribution in [0.2, 0.25) is 0 Å². The Morgan fingerprint density at radius 1 is 1.57 bits per heavy atom. The summed E-state index contributed by atoms with van der Waals surface area (Å²) in [6.45, 7) is 3.30. The van der Waals surface area contributed by atoms with Gasteiger partial charge in [0.25, 0.3) is 0 Å². The number of hydrogen-bond acceptors (Lipinski definition) is 5. The van der Waals surface area contributed by atoms with Crippen molar-refractivity contribution in [2.24, 2.45) is 5.73 Å². The van der Waals surface area contributed by atoms with E-state index in [0.29, 0.717) is 5.57 Å². The van der Waals surface area contributed by atoms with Crippen LogP contribution in [0.15, 0.2) is 11.6 Å². The van der Waals surface area contributed by atoms with Gasteiger partial charge >= 0.3 is 18.4 Å². The summed E-state index contributed by atoms with van der Waals surface area (Å²) in [5.74, 6) is -1.89. The van der Waals surface area contributed by atoms with Crippen molar-refractivity contribution in [1.82, 2.24) is 9.96 Å². The van der Waals surface area contributed by atoms with E-state index in [9.17, 15) is 18.8 Å². The van der Waals surface area contributed by atoms with Gasteiger partial charge in [0.15, 0.2) is 0 Å². The van der Waals surface area contributed by atoms with Crippen molar-refractivity contribution >= 4 is 17.9 Å². The molecule has 0 aromatic heterocycles. The van der Waals surface area contributed by atoms with Crippen molar-refractivity contribution in [1.29, 1.82) is 0 Å². The lowest BCUT2D eigenvalue weighted by atomic mass is 10.0. The predicted molar refractivity (Wildman–Crippen MR) is 67.1 cm³/mol. The normalized spacial score (nSPS) is 25.7. The van der Waals surface area contributed by atoms with E-state index in [4.69, 9.17) is 10.6 Å². The number of hydroxylamine groups is 2. The third kappa shape index (κ3) is 2.68. The minimum Gasteiger partial charge on any atom is -0.462 e. The molecule has 0 aromatic carbocycles. The first-order valence-electron chi connectivity index (χ1n) is 6.41. The van der Waals surface area contributed by atoms with Gasteiger partial charge in [-0.05, 0) is 19.4 Å². The van der Waals surface area contributed by atoms with Crippen molar-refractivity contribution in [2.45, 2.75) is 32.3 Å². The van der Waals surface area contributed by atoms with Gasteiger partial charge in [-0.2, -0.15) is 5.06 Å². The van der Waals surface area contributed by atoms with Crippen molar-refractivity contribution < 1.29 is 28.3 Å². The first-order valence-corrected chi connectivity index (χ1v) is 6.41. The second-order valence-corrected chi connectivity index (χ2v) is 4.72. The summed E-state index contributed by atoms with van der Waals surface area (Å²) in [6.07, 6.45) is -0.815. The van der Waals surface area contributed by atoms with Crippen LogP contribution in [-0.4, -0.2) is 59.5 Å². The molecule has 0 unspecified atom stereocenters. The number of urea groups is 1. The van der Waals surface area contributed by atoms with Crippen molar-refractivity contribution in [3.63, 3.8) is 0 Å². The zero-order valence-electron chi connectivity index (χ0n) is 11.6. The maximum absolute atomic E-state index is 13.6. The average Bonchev–Trinajstić information content (AvgIpc) is 2.64. The topological polar surface area (TPSA) is 102 Å². The van der Waals surface area contributed by atoms with Crippen LogP contribution in [0.3, 0.4) is 0 Å². The number of ether oxygens (including phenoxy) is 1. The number of alkyl halides is 1. The molecule has 0 saturated carbocycles. The number of hydrogen-bond donors (Lipinski definition) is 1. The molecule has 21 heavy (non-hydrogen) atoms. The van der Waals surface area contributed by atoms with E-state index in [1.807, 2.05) is 0 Å². The minimum atomic E-state index is -2.41. The number of amides is 3. The van der Waals surface area contributed by atoms with Gasteiger partial charge in [-0.15, -0.1) is 0 Å². The lowest BCUT2D eigenvalue weighted by Gasteiger charge is -2.27. The van der Waals surface area contributed by atoms with Gasteiger partial charge in [0.1, 0.15) is 6.04 Å². The fourth-order valence-corrected chi connectivity index (χ4v) is 2.45. The Morgan fingerprint density at radius 3 is 2.81 bits per heavy atom. The maximum atomic E-state index is 13.6. The standard InChI is InChI=1S/C12H16FN3O5/c1-3-20-11(18)9(13)21-16-7-4-6(2)8(10(14)17)15(5-7)12(16)19/h4,7-9H,3,5H2,1-2H3,(H2,14,17)/t7-,8+,9+/m1/s1. The highest BCUT2D eigenvalue weighted by atomic mass is 19.1. The van der Waals surface area contributed by atoms with Crippen LogP contribution in [0.1, 0.15) is 13.8 Å². The molecule has 3 atom stereocenters. The fraction of sp³-hybridized carbons (Fsp3) is 0.583. The number of esters is 1. The van der Waals surface area contributed by atoms with Gasteiger partial charge < -0.3 is 15.4 Å². The van der Waals surface area contributed by atoms with E-state index in [-0.39, 0.29) is 13.2 Å². The molecule has 2 N–H and O–H groups in total. The number of halogens is 1. The molecule has 2 bridgehead atoms. The number of rotatable bonds is 5. The molecule has 0 radical (unpaired) electrons. The first-order chi connectivity index (χ1) is 9.86. The van der Waals surface area contributed by atoms with E-state index in [1.54, 1.807) is 13.0 Å². The van der Waals surface area contributed by atoms with Crippen LogP contribution in [0, 0.1) is 0 Å². The van der Waals surface area contributed by atoms with Crippen LogP contribution < -0.4 is 5.73 Å². The molecular weight excluding hydrogens is 285 g/mol. The van der Waals surface area contributed by atoms with Gasteiger partial charge in [-0.25, -0.2) is 18.8 Å². The third-order valence-corrected chi connectivity index (χ3v) is 3.26. The largest absolute Gasteiger partial charge is 0.462 e. The number of fused-ring (bicyclic) bond motifs is 2. The predicted octanol–water partition coefficient (Wildman–Crippen LogP) is -0.303. The van der Waals surface area contributed by atoms with Gasteiger partial charge in [-0.1, -0.05) is 6.08 Å². The maximum Gasteiger partial charge on any atom is 0.370 e. The summed E-state index contributed by atoms with van der Waals surface area (Å²) in [6, 6.07) is -2.19. The van der Waals surface area contributed by atoms with Gasteiger partial charge in [0.2, 0.25) is 5.91 Å². The Bertz CT molecular complexity index is 509. The van der Waals surface area contributed by atoms with Crippen molar-refractivity contribution in [3.8, 4) is 0 Å². The van der Waals surface area contributed by atoms with E-state index >= 15 is 0 Å². The first kappa shape index (κ1) is 15.2. The van der Waals surface area contributed by atoms with Crippen LogP contribution >= 0.6 is 0 Å². The average molecular weight is 301 g/mol. The van der Waals surface area contributed by atoms with Gasteiger partial charge in [0.05, 0.1) is 19.2 Å². The Kier molecular flexibility index (Phi) is 4.12. The van der Waals surface area contributed by atoms with Crippen molar-refractivity contribution in [2.75, 3.05) is 13.2 Å². The number of primary amides is 1. The van der Waals surface area contributed by atoms with E-state index in [1.165, 1.54) is 11.8 Å². The molecule has 116 valence electrons. The Morgan fingerprint density at radius 2 is 2.24 bits per heavy atom. The smallest absolute Gasteiger partial charge is 0.370 e. The lowest BCUT2D eigenvalue weighted by molar-refractivity contribution is -0.223. The lowest BCUT2D eigenvalue weighted by Crippen LogP contribution is -2.48. The number of nitrogens with two attached hydrogens (primary N) is 1. The van der Waals surface area contributed by atoms with Crippen LogP contribution in [-0.2, 0) is 19.2 Å². The second-order valence-electron chi connectivity index (χ2n) is 4.72. The highest BCUT2D eigenvalue weighted by Gasteiger charge is 2.48. The summed E-state index contributed by atoms with van der Waals surface area (Å²) in [5, 5.41) is 0.730. The highest BCUT2D eigenvalue weighted by molar-refractivity contribution is 5.90. The van der Waals surface area contributed by atoms with Crippen molar-refractivity contribution in [3.05, 3.63) is 11.6 Å². The molecule has 0 spiro atoms. The van der Waals surface area contributed by atoms with Crippen LogP contribution in [0.5, 0.6) is 0 Å². The highest BCUT2D eigenvalue weighted by Crippen LogP contribution is 2.29. The molecule has 2 rings (SSSR count). The van der Waals surface area contributed by atoms with E-state index in [2.05, 4.69) is 4.74 Å². The monoisotopic (exact) mass is 301 g/mol. The van der Waals surface area contributed by atoms with Crippen LogP contribution in [0.25, 0.3) is 0 Å². The summed E-state index contributed by atoms with van der Waals surface area (Å²) in [7, 11) is 0. The second kappa shape index (κ2) is 5.68. The SMILES string of the molecule is CCOC(=O)[C@@H](F)ON1C(=O)N2C[C@H]1C=C(C)[C@H]2C(N)=O. The Hall–Kier alpha value is -2.16. The molecule has 1 fully saturated rings.